The van der Waals surface area contributed by atoms with Crippen LogP contribution in [-0.2, 0) is 9.47 Å². The van der Waals surface area contributed by atoms with Gasteiger partial charge in [0.1, 0.15) is 0 Å². The summed E-state index contributed by atoms with van der Waals surface area (Å²) in [4.78, 5) is 24.6. The van der Waals surface area contributed by atoms with Gasteiger partial charge < -0.3 is 9.47 Å². The predicted molar refractivity (Wildman–Crippen MR) is 132 cm³/mol. The first kappa shape index (κ1) is 27.9. The van der Waals surface area contributed by atoms with Gasteiger partial charge in [0.2, 0.25) is 0 Å². The summed E-state index contributed by atoms with van der Waals surface area (Å²) < 4.78 is 10.8. The predicted octanol–water partition coefficient (Wildman–Crippen LogP) is 7.91. The van der Waals surface area contributed by atoms with Crippen molar-refractivity contribution in [1.29, 1.82) is 0 Å². The Morgan fingerprint density at radius 2 is 1.41 bits per heavy atom. The molecule has 0 N–H and O–H groups in total. The van der Waals surface area contributed by atoms with Crippen LogP contribution in [0.1, 0.15) is 119 Å². The van der Waals surface area contributed by atoms with Crippen LogP contribution in [0.3, 0.4) is 0 Å². The van der Waals surface area contributed by atoms with E-state index >= 15 is 0 Å². The number of rotatable bonds is 17. The molecule has 0 aliphatic carbocycles. The third-order valence-electron chi connectivity index (χ3n) is 5.62. The molecule has 4 heteroatoms. The van der Waals surface area contributed by atoms with Crippen molar-refractivity contribution in [3.05, 3.63) is 47.0 Å². The molecule has 0 aliphatic rings. The van der Waals surface area contributed by atoms with E-state index in [0.29, 0.717) is 30.3 Å². The fraction of sp³-hybridized carbons (Fsp3) is 0.643. The van der Waals surface area contributed by atoms with Gasteiger partial charge in [-0.05, 0) is 63.6 Å². The van der Waals surface area contributed by atoms with Gasteiger partial charge >= 0.3 is 11.9 Å². The molecular formula is C28H44O4. The lowest BCUT2D eigenvalue weighted by molar-refractivity contribution is 0.0484. The molecule has 0 bridgehead atoms. The van der Waals surface area contributed by atoms with Crippen LogP contribution in [0, 0.1) is 5.92 Å². The second-order valence-electron chi connectivity index (χ2n) is 9.08. The molecule has 0 fully saturated rings. The lowest BCUT2D eigenvalue weighted by Crippen LogP contribution is -2.11. The number of hydrogen-bond donors (Lipinski definition) is 0. The molecule has 1 unspecified atom stereocenters. The summed E-state index contributed by atoms with van der Waals surface area (Å²) in [7, 11) is 0. The smallest absolute Gasteiger partial charge is 0.338 e. The normalized spacial score (nSPS) is 11.6. The van der Waals surface area contributed by atoms with E-state index in [1.807, 2.05) is 0 Å². The first-order valence-electron chi connectivity index (χ1n) is 12.5. The minimum absolute atomic E-state index is 0.379. The highest BCUT2D eigenvalue weighted by atomic mass is 16.5. The number of esters is 2. The van der Waals surface area contributed by atoms with Crippen LogP contribution in [0.15, 0.2) is 35.9 Å². The van der Waals surface area contributed by atoms with Crippen molar-refractivity contribution < 1.29 is 19.1 Å². The number of hydrogen-bond acceptors (Lipinski definition) is 4. The maximum atomic E-state index is 12.3. The molecule has 1 aromatic rings. The van der Waals surface area contributed by atoms with Crippen molar-refractivity contribution in [1.82, 2.24) is 0 Å². The van der Waals surface area contributed by atoms with Gasteiger partial charge in [-0.2, -0.15) is 0 Å². The molecular weight excluding hydrogens is 400 g/mol. The van der Waals surface area contributed by atoms with Gasteiger partial charge in [0.05, 0.1) is 24.3 Å². The molecule has 0 heterocycles. The molecule has 1 atom stereocenters. The first-order valence-corrected chi connectivity index (χ1v) is 12.5. The summed E-state index contributed by atoms with van der Waals surface area (Å²) in [6, 6.07) is 6.62. The fourth-order valence-electron chi connectivity index (χ4n) is 3.49. The zero-order valence-electron chi connectivity index (χ0n) is 20.8. The highest BCUT2D eigenvalue weighted by molar-refractivity contribution is 5.95. The largest absolute Gasteiger partial charge is 0.462 e. The van der Waals surface area contributed by atoms with E-state index in [2.05, 4.69) is 33.8 Å². The van der Waals surface area contributed by atoms with Gasteiger partial charge in [0.25, 0.3) is 0 Å². The van der Waals surface area contributed by atoms with Crippen LogP contribution in [0.5, 0.6) is 0 Å². The van der Waals surface area contributed by atoms with Crippen molar-refractivity contribution in [2.45, 2.75) is 98.3 Å². The molecule has 1 rings (SSSR count). The maximum absolute atomic E-state index is 12.3. The second-order valence-corrected chi connectivity index (χ2v) is 9.08. The molecule has 0 radical (unpaired) electrons. The summed E-state index contributed by atoms with van der Waals surface area (Å²) in [6.45, 7) is 9.42. The number of allylic oxidation sites excluding steroid dienone is 2. The molecule has 0 amide bonds. The molecule has 0 aromatic heterocycles. The fourth-order valence-corrected chi connectivity index (χ4v) is 3.49. The van der Waals surface area contributed by atoms with Crippen molar-refractivity contribution in [3.63, 3.8) is 0 Å². The highest BCUT2D eigenvalue weighted by Gasteiger charge is 2.13. The zero-order valence-corrected chi connectivity index (χ0v) is 20.8. The topological polar surface area (TPSA) is 52.6 Å². The Morgan fingerprint density at radius 3 is 2.00 bits per heavy atom. The Kier molecular flexibility index (Phi) is 15.2. The van der Waals surface area contributed by atoms with E-state index in [9.17, 15) is 9.59 Å². The molecule has 0 spiro atoms. The quantitative estimate of drug-likeness (QED) is 0.139. The lowest BCUT2D eigenvalue weighted by atomic mass is 10.0. The summed E-state index contributed by atoms with van der Waals surface area (Å²) in [5.74, 6) is -0.272. The Bertz CT molecular complexity index is 688. The minimum Gasteiger partial charge on any atom is -0.462 e. The molecule has 1 aromatic carbocycles. The first-order chi connectivity index (χ1) is 15.4. The van der Waals surface area contributed by atoms with Gasteiger partial charge in [-0.3, -0.25) is 0 Å². The minimum atomic E-state index is -0.390. The van der Waals surface area contributed by atoms with Crippen molar-refractivity contribution in [3.8, 4) is 0 Å². The SMILES string of the molecule is CCCCCCCCCCOC(=O)c1cccc(C(=O)OCCC(C)CCC=C(C)C)c1. The van der Waals surface area contributed by atoms with Crippen molar-refractivity contribution >= 4 is 11.9 Å². The Balaban J connectivity index is 2.28. The molecule has 4 nitrogen and oxygen atoms in total. The van der Waals surface area contributed by atoms with E-state index in [0.717, 1.165) is 32.1 Å². The number of ether oxygens (including phenoxy) is 2. The number of benzene rings is 1. The van der Waals surface area contributed by atoms with Gasteiger partial charge in [0.15, 0.2) is 0 Å². The van der Waals surface area contributed by atoms with Gasteiger partial charge in [-0.1, -0.05) is 76.5 Å². The molecule has 0 aliphatic heterocycles. The molecule has 180 valence electrons. The van der Waals surface area contributed by atoms with Gasteiger partial charge in [-0.25, -0.2) is 9.59 Å². The van der Waals surface area contributed by atoms with Crippen molar-refractivity contribution in [2.75, 3.05) is 13.2 Å². The number of carbonyl (C=O) groups is 2. The maximum Gasteiger partial charge on any atom is 0.338 e. The van der Waals surface area contributed by atoms with E-state index in [4.69, 9.17) is 9.47 Å². The molecule has 32 heavy (non-hydrogen) atoms. The molecule has 0 saturated carbocycles. The third-order valence-corrected chi connectivity index (χ3v) is 5.62. The second kappa shape index (κ2) is 17.5. The average Bonchev–Trinajstić information content (AvgIpc) is 2.77. The summed E-state index contributed by atoms with van der Waals surface area (Å²) in [5.41, 5.74) is 2.12. The van der Waals surface area contributed by atoms with E-state index < -0.39 is 0 Å². The summed E-state index contributed by atoms with van der Waals surface area (Å²) in [5, 5.41) is 0. The average molecular weight is 445 g/mol. The van der Waals surface area contributed by atoms with Crippen LogP contribution < -0.4 is 0 Å². The monoisotopic (exact) mass is 444 g/mol. The highest BCUT2D eigenvalue weighted by Crippen LogP contribution is 2.14. The Labute approximate surface area is 195 Å². The van der Waals surface area contributed by atoms with Crippen LogP contribution >= 0.6 is 0 Å². The third kappa shape index (κ3) is 13.3. The Morgan fingerprint density at radius 1 is 0.844 bits per heavy atom. The lowest BCUT2D eigenvalue weighted by Gasteiger charge is -2.11. The Hall–Kier alpha value is -2.10. The van der Waals surface area contributed by atoms with Crippen molar-refractivity contribution in [2.24, 2.45) is 5.92 Å². The summed E-state index contributed by atoms with van der Waals surface area (Å²) >= 11 is 0. The number of carbonyl (C=O) groups excluding carboxylic acids is 2. The van der Waals surface area contributed by atoms with E-state index in [1.165, 1.54) is 44.1 Å². The standard InChI is InChI=1S/C28H44O4/c1-5-6-7-8-9-10-11-12-20-31-27(29)25-17-14-18-26(22-25)28(30)32-21-19-24(4)16-13-15-23(2)3/h14-15,17-18,22,24H,5-13,16,19-21H2,1-4H3. The van der Waals surface area contributed by atoms with Crippen LogP contribution in [0.25, 0.3) is 0 Å². The van der Waals surface area contributed by atoms with Crippen LogP contribution in [0.2, 0.25) is 0 Å². The molecule has 0 saturated heterocycles. The van der Waals surface area contributed by atoms with Crippen LogP contribution in [-0.4, -0.2) is 25.2 Å². The zero-order chi connectivity index (χ0) is 23.6. The van der Waals surface area contributed by atoms with E-state index in [1.54, 1.807) is 24.3 Å². The van der Waals surface area contributed by atoms with Gasteiger partial charge in [-0.15, -0.1) is 0 Å². The van der Waals surface area contributed by atoms with Gasteiger partial charge in [0, 0.05) is 0 Å². The number of unbranched alkanes of at least 4 members (excludes halogenated alkanes) is 7. The van der Waals surface area contributed by atoms with Crippen LogP contribution in [0.4, 0.5) is 0 Å². The van der Waals surface area contributed by atoms with E-state index in [-0.39, 0.29) is 11.9 Å². The summed E-state index contributed by atoms with van der Waals surface area (Å²) in [6.07, 6.45) is 14.8.